The molecule has 2 rings (SSSR count). The minimum atomic E-state index is -0.752. The summed E-state index contributed by atoms with van der Waals surface area (Å²) < 4.78 is 19.1. The molecule has 1 aromatic carbocycles. The molecule has 0 aliphatic heterocycles. The van der Waals surface area contributed by atoms with Crippen molar-refractivity contribution >= 4 is 46.6 Å². The zero-order valence-electron chi connectivity index (χ0n) is 11.6. The Balaban J connectivity index is 2.69. The van der Waals surface area contributed by atoms with E-state index in [1.165, 1.54) is 31.0 Å². The van der Waals surface area contributed by atoms with Gasteiger partial charge in [-0.15, -0.1) is 11.8 Å². The van der Waals surface area contributed by atoms with Crippen molar-refractivity contribution in [2.24, 2.45) is 0 Å². The summed E-state index contributed by atoms with van der Waals surface area (Å²) in [5.74, 6) is -1.29. The normalized spacial score (nSPS) is 10.6. The predicted molar refractivity (Wildman–Crippen MR) is 87.2 cm³/mol. The quantitative estimate of drug-likeness (QED) is 0.653. The fraction of sp³-hybridized carbons (Fsp3) is 0.143. The van der Waals surface area contributed by atoms with E-state index in [1.54, 1.807) is 12.3 Å². The van der Waals surface area contributed by atoms with Crippen molar-refractivity contribution < 1.29 is 13.9 Å². The SMILES string of the molecule is COC(=O)c1nc(-c2ccc(Cl)c(SC)c2F)cc(N)c1Cl. The Morgan fingerprint density at radius 1 is 1.41 bits per heavy atom. The van der Waals surface area contributed by atoms with E-state index in [9.17, 15) is 9.18 Å². The van der Waals surface area contributed by atoms with E-state index in [1.807, 2.05) is 0 Å². The molecule has 0 aliphatic carbocycles. The average molecular weight is 361 g/mol. The predicted octanol–water partition coefficient (Wildman–Crippen LogP) is 4.29. The molecule has 0 bridgehead atoms. The van der Waals surface area contributed by atoms with Gasteiger partial charge in [0.2, 0.25) is 0 Å². The Kier molecular flexibility index (Phi) is 5.16. The van der Waals surface area contributed by atoms with Gasteiger partial charge in [0.05, 0.1) is 33.4 Å². The van der Waals surface area contributed by atoms with Crippen molar-refractivity contribution in [2.45, 2.75) is 4.90 Å². The van der Waals surface area contributed by atoms with Gasteiger partial charge in [0, 0.05) is 5.56 Å². The van der Waals surface area contributed by atoms with Gasteiger partial charge in [-0.25, -0.2) is 14.2 Å². The van der Waals surface area contributed by atoms with Crippen LogP contribution in [0.4, 0.5) is 10.1 Å². The lowest BCUT2D eigenvalue weighted by Crippen LogP contribution is -2.08. The van der Waals surface area contributed by atoms with Crippen LogP contribution < -0.4 is 5.73 Å². The molecule has 0 saturated heterocycles. The van der Waals surface area contributed by atoms with E-state index >= 15 is 0 Å². The number of ether oxygens (including phenoxy) is 1. The highest BCUT2D eigenvalue weighted by Crippen LogP contribution is 2.36. The average Bonchev–Trinajstić information content (AvgIpc) is 2.50. The molecule has 8 heteroatoms. The molecule has 1 heterocycles. The van der Waals surface area contributed by atoms with E-state index in [0.29, 0.717) is 5.02 Å². The minimum absolute atomic E-state index is 0.0324. The zero-order chi connectivity index (χ0) is 16.4. The molecule has 0 spiro atoms. The van der Waals surface area contributed by atoms with Crippen LogP contribution in [0.25, 0.3) is 11.3 Å². The van der Waals surface area contributed by atoms with Crippen molar-refractivity contribution in [3.63, 3.8) is 0 Å². The standard InChI is InChI=1S/C14H11Cl2FN2O2S/c1-21-14(20)12-10(16)8(18)5-9(19-12)6-3-4-7(15)13(22-2)11(6)17/h3-5H,1-2H3,(H2,18,19). The summed E-state index contributed by atoms with van der Waals surface area (Å²) in [6.45, 7) is 0. The number of thioether (sulfide) groups is 1. The smallest absolute Gasteiger partial charge is 0.358 e. The second-order valence-corrected chi connectivity index (χ2v) is 5.79. The van der Waals surface area contributed by atoms with Crippen LogP contribution >= 0.6 is 35.0 Å². The van der Waals surface area contributed by atoms with Crippen LogP contribution in [-0.2, 0) is 4.74 Å². The lowest BCUT2D eigenvalue weighted by Gasteiger charge is -2.11. The van der Waals surface area contributed by atoms with Gasteiger partial charge in [-0.05, 0) is 24.5 Å². The largest absolute Gasteiger partial charge is 0.464 e. The molecule has 0 amide bonds. The number of carbonyl (C=O) groups is 1. The molecule has 2 N–H and O–H groups in total. The van der Waals surface area contributed by atoms with Crippen LogP contribution in [0.3, 0.4) is 0 Å². The number of rotatable bonds is 3. The molecule has 0 aliphatic rings. The summed E-state index contributed by atoms with van der Waals surface area (Å²) in [4.78, 5) is 16.0. The van der Waals surface area contributed by atoms with E-state index in [4.69, 9.17) is 28.9 Å². The van der Waals surface area contributed by atoms with Crippen LogP contribution in [0, 0.1) is 5.82 Å². The highest BCUT2D eigenvalue weighted by atomic mass is 35.5. The number of hydrogen-bond acceptors (Lipinski definition) is 5. The number of aromatic nitrogens is 1. The first-order valence-corrected chi connectivity index (χ1v) is 7.95. The number of benzene rings is 1. The third kappa shape index (κ3) is 2.99. The Morgan fingerprint density at radius 2 is 2.09 bits per heavy atom. The van der Waals surface area contributed by atoms with Crippen LogP contribution in [-0.4, -0.2) is 24.3 Å². The van der Waals surface area contributed by atoms with Crippen LogP contribution in [0.1, 0.15) is 10.5 Å². The first kappa shape index (κ1) is 16.9. The summed E-state index contributed by atoms with van der Waals surface area (Å²) in [6.07, 6.45) is 1.71. The molecule has 0 radical (unpaired) electrons. The number of methoxy groups -OCH3 is 1. The fourth-order valence-electron chi connectivity index (χ4n) is 1.84. The molecule has 4 nitrogen and oxygen atoms in total. The molecule has 22 heavy (non-hydrogen) atoms. The number of nitrogens with zero attached hydrogens (tertiary/aromatic N) is 1. The number of pyridine rings is 1. The van der Waals surface area contributed by atoms with Crippen molar-refractivity contribution in [2.75, 3.05) is 19.1 Å². The van der Waals surface area contributed by atoms with Gasteiger partial charge in [0.1, 0.15) is 5.82 Å². The molecular formula is C14H11Cl2FN2O2S. The van der Waals surface area contributed by atoms with Crippen LogP contribution in [0.5, 0.6) is 0 Å². The van der Waals surface area contributed by atoms with Gasteiger partial charge < -0.3 is 10.5 Å². The molecule has 1 aromatic heterocycles. The second kappa shape index (κ2) is 6.73. The summed E-state index contributed by atoms with van der Waals surface area (Å²) >= 11 is 13.1. The number of esters is 1. The molecule has 0 saturated carbocycles. The molecule has 116 valence electrons. The number of nitrogens with two attached hydrogens (primary N) is 1. The minimum Gasteiger partial charge on any atom is -0.464 e. The highest BCUT2D eigenvalue weighted by molar-refractivity contribution is 7.98. The fourth-order valence-corrected chi connectivity index (χ4v) is 2.94. The monoisotopic (exact) mass is 360 g/mol. The van der Waals surface area contributed by atoms with E-state index in [0.717, 1.165) is 0 Å². The Labute approximate surface area is 140 Å². The molecular weight excluding hydrogens is 350 g/mol. The van der Waals surface area contributed by atoms with Crippen molar-refractivity contribution in [3.8, 4) is 11.3 Å². The molecule has 0 fully saturated rings. The van der Waals surface area contributed by atoms with Crippen LogP contribution in [0.2, 0.25) is 10.0 Å². The van der Waals surface area contributed by atoms with E-state index in [-0.39, 0.29) is 32.6 Å². The van der Waals surface area contributed by atoms with Crippen LogP contribution in [0.15, 0.2) is 23.1 Å². The summed E-state index contributed by atoms with van der Waals surface area (Å²) in [7, 11) is 1.19. The topological polar surface area (TPSA) is 65.2 Å². The number of halogens is 3. The lowest BCUT2D eigenvalue weighted by molar-refractivity contribution is 0.0594. The van der Waals surface area contributed by atoms with Gasteiger partial charge in [-0.3, -0.25) is 0 Å². The Bertz CT molecular complexity index is 756. The zero-order valence-corrected chi connectivity index (χ0v) is 13.9. The van der Waals surface area contributed by atoms with Gasteiger partial charge in [0.25, 0.3) is 0 Å². The third-order valence-electron chi connectivity index (χ3n) is 2.89. The lowest BCUT2D eigenvalue weighted by atomic mass is 10.1. The Hall–Kier alpha value is -1.50. The molecule has 0 atom stereocenters. The van der Waals surface area contributed by atoms with Crippen molar-refractivity contribution in [1.82, 2.24) is 4.98 Å². The third-order valence-corrected chi connectivity index (χ3v) is 4.53. The summed E-state index contributed by atoms with van der Waals surface area (Å²) in [5.41, 5.74) is 6.05. The molecule has 0 unspecified atom stereocenters. The summed E-state index contributed by atoms with van der Waals surface area (Å²) in [6, 6.07) is 4.41. The number of anilines is 1. The number of nitrogen functional groups attached to an aromatic ring is 1. The van der Waals surface area contributed by atoms with Crippen molar-refractivity contribution in [1.29, 1.82) is 0 Å². The maximum Gasteiger partial charge on any atom is 0.358 e. The van der Waals surface area contributed by atoms with E-state index in [2.05, 4.69) is 9.72 Å². The van der Waals surface area contributed by atoms with E-state index < -0.39 is 11.8 Å². The van der Waals surface area contributed by atoms with Crippen molar-refractivity contribution in [3.05, 3.63) is 39.8 Å². The van der Waals surface area contributed by atoms with Gasteiger partial charge in [-0.2, -0.15) is 0 Å². The number of carbonyl (C=O) groups excluding carboxylic acids is 1. The maximum absolute atomic E-state index is 14.5. The van der Waals surface area contributed by atoms with Gasteiger partial charge in [0.15, 0.2) is 5.69 Å². The first-order valence-electron chi connectivity index (χ1n) is 5.97. The molecule has 2 aromatic rings. The highest BCUT2D eigenvalue weighted by Gasteiger charge is 2.20. The first-order chi connectivity index (χ1) is 10.4. The Morgan fingerprint density at radius 3 is 2.68 bits per heavy atom. The van der Waals surface area contributed by atoms with Gasteiger partial charge >= 0.3 is 5.97 Å². The second-order valence-electron chi connectivity index (χ2n) is 4.19. The number of hydrogen-bond donors (Lipinski definition) is 1. The summed E-state index contributed by atoms with van der Waals surface area (Å²) in [5, 5.41) is 0.263. The maximum atomic E-state index is 14.5. The van der Waals surface area contributed by atoms with Gasteiger partial charge in [-0.1, -0.05) is 23.2 Å².